The van der Waals surface area contributed by atoms with Gasteiger partial charge in [0.2, 0.25) is 0 Å². The summed E-state index contributed by atoms with van der Waals surface area (Å²) in [6.45, 7) is 7.77. The van der Waals surface area contributed by atoms with Crippen LogP contribution in [0.5, 0.6) is 0 Å². The van der Waals surface area contributed by atoms with E-state index in [1.54, 1.807) is 0 Å². The maximum absolute atomic E-state index is 13.7. The molecule has 0 fully saturated rings. The number of hydrogen-bond acceptors (Lipinski definition) is 3. The van der Waals surface area contributed by atoms with Crippen molar-refractivity contribution in [1.29, 1.82) is 5.26 Å². The molecule has 0 spiro atoms. The maximum Gasteiger partial charge on any atom is 0.282 e. The van der Waals surface area contributed by atoms with Gasteiger partial charge in [-0.15, -0.1) is 11.3 Å². The second kappa shape index (κ2) is 4.85. The summed E-state index contributed by atoms with van der Waals surface area (Å²) in [6, 6.07) is 1.95. The summed E-state index contributed by atoms with van der Waals surface area (Å²) in [7, 11) is 0. The molecule has 1 aromatic heterocycles. The van der Waals surface area contributed by atoms with E-state index in [1.807, 2.05) is 33.8 Å². The smallest absolute Gasteiger partial charge is 0.282 e. The zero-order chi connectivity index (χ0) is 14.1. The second-order valence-corrected chi connectivity index (χ2v) is 5.80. The highest BCUT2D eigenvalue weighted by atomic mass is 32.1. The number of thiophene rings is 1. The monoisotopic (exact) mass is 272 g/mol. The van der Waals surface area contributed by atoms with Crippen LogP contribution in [0.4, 0.5) is 13.8 Å². The molecular formula is C13H18F2N2S. The summed E-state index contributed by atoms with van der Waals surface area (Å²) < 4.78 is 27.4. The van der Waals surface area contributed by atoms with Gasteiger partial charge in [0, 0.05) is 6.42 Å². The quantitative estimate of drug-likeness (QED) is 0.761. The van der Waals surface area contributed by atoms with Gasteiger partial charge in [0.15, 0.2) is 0 Å². The van der Waals surface area contributed by atoms with Crippen molar-refractivity contribution in [2.75, 3.05) is 5.73 Å². The fourth-order valence-corrected chi connectivity index (χ4v) is 3.37. The van der Waals surface area contributed by atoms with Crippen molar-refractivity contribution in [3.63, 3.8) is 0 Å². The Balaban J connectivity index is 0.000000771. The van der Waals surface area contributed by atoms with Gasteiger partial charge < -0.3 is 5.73 Å². The van der Waals surface area contributed by atoms with Gasteiger partial charge in [-0.1, -0.05) is 27.7 Å². The normalized spacial score (nSPS) is 19.2. The number of nitrogens with two attached hydrogens (primary N) is 1. The standard InChI is InChI=1S/C11H12F2N2S.C2H6/c1-10(2)3-4-11(12,13)8-7(10)6(5-14)9(15)16-8;1-2/h3-4,15H2,1-2H3;1-2H3. The molecule has 2 nitrogen and oxygen atoms in total. The molecule has 1 heterocycles. The van der Waals surface area contributed by atoms with Gasteiger partial charge in [-0.25, -0.2) is 8.78 Å². The fraction of sp³-hybridized carbons (Fsp3) is 0.615. The second-order valence-electron chi connectivity index (χ2n) is 4.75. The molecule has 1 aromatic rings. The van der Waals surface area contributed by atoms with Gasteiger partial charge in [-0.2, -0.15) is 5.26 Å². The highest BCUT2D eigenvalue weighted by Crippen LogP contribution is 2.53. The van der Waals surface area contributed by atoms with Gasteiger partial charge in [-0.3, -0.25) is 0 Å². The van der Waals surface area contributed by atoms with Gasteiger partial charge in [0.1, 0.15) is 11.1 Å². The number of anilines is 1. The van der Waals surface area contributed by atoms with Crippen molar-refractivity contribution < 1.29 is 8.78 Å². The lowest BCUT2D eigenvalue weighted by Gasteiger charge is -2.34. The molecule has 100 valence electrons. The predicted octanol–water partition coefficient (Wildman–Crippen LogP) is 4.39. The highest BCUT2D eigenvalue weighted by Gasteiger charge is 2.47. The summed E-state index contributed by atoms with van der Waals surface area (Å²) in [4.78, 5) is -0.0159. The number of rotatable bonds is 0. The van der Waals surface area contributed by atoms with Crippen molar-refractivity contribution in [2.24, 2.45) is 0 Å². The Kier molecular flexibility index (Phi) is 4.02. The Labute approximate surface area is 110 Å². The molecule has 0 saturated heterocycles. The van der Waals surface area contributed by atoms with Crippen molar-refractivity contribution in [2.45, 2.75) is 51.9 Å². The van der Waals surface area contributed by atoms with E-state index in [9.17, 15) is 8.78 Å². The third-order valence-corrected chi connectivity index (χ3v) is 4.25. The zero-order valence-corrected chi connectivity index (χ0v) is 11.9. The number of hydrogen-bond donors (Lipinski definition) is 1. The molecule has 18 heavy (non-hydrogen) atoms. The van der Waals surface area contributed by atoms with Crippen LogP contribution in [0, 0.1) is 11.3 Å². The third-order valence-electron chi connectivity index (χ3n) is 3.12. The molecule has 1 aliphatic carbocycles. The lowest BCUT2D eigenvalue weighted by Crippen LogP contribution is -2.31. The first-order valence-corrected chi connectivity index (χ1v) is 6.82. The first-order valence-electron chi connectivity index (χ1n) is 6.01. The van der Waals surface area contributed by atoms with Gasteiger partial charge in [-0.05, 0) is 17.4 Å². The Bertz CT molecular complexity index is 484. The highest BCUT2D eigenvalue weighted by molar-refractivity contribution is 7.16. The topological polar surface area (TPSA) is 49.8 Å². The molecule has 1 aliphatic rings. The molecule has 2 N–H and O–H groups in total. The first kappa shape index (κ1) is 14.9. The van der Waals surface area contributed by atoms with Crippen LogP contribution < -0.4 is 5.73 Å². The van der Waals surface area contributed by atoms with Crippen molar-refractivity contribution >= 4 is 16.3 Å². The molecule has 0 saturated carbocycles. The van der Waals surface area contributed by atoms with Gasteiger partial charge in [0.25, 0.3) is 5.92 Å². The Morgan fingerprint density at radius 1 is 1.28 bits per heavy atom. The minimum atomic E-state index is -2.83. The predicted molar refractivity (Wildman–Crippen MR) is 70.9 cm³/mol. The lowest BCUT2D eigenvalue weighted by molar-refractivity contribution is -0.0266. The molecule has 0 aliphatic heterocycles. The first-order chi connectivity index (χ1) is 8.29. The van der Waals surface area contributed by atoms with E-state index in [1.165, 1.54) is 0 Å². The number of nitrogens with zero attached hydrogens (tertiary/aromatic N) is 1. The maximum atomic E-state index is 13.7. The third kappa shape index (κ3) is 2.22. The minimum Gasteiger partial charge on any atom is -0.389 e. The molecule has 0 atom stereocenters. The summed E-state index contributed by atoms with van der Waals surface area (Å²) >= 11 is 0.856. The minimum absolute atomic E-state index is 0.0159. The van der Waals surface area contributed by atoms with Gasteiger partial charge in [0.05, 0.1) is 10.4 Å². The van der Waals surface area contributed by atoms with E-state index in [-0.39, 0.29) is 21.9 Å². The van der Waals surface area contributed by atoms with E-state index in [0.717, 1.165) is 11.3 Å². The van der Waals surface area contributed by atoms with Crippen LogP contribution in [0.3, 0.4) is 0 Å². The SMILES string of the molecule is CC.CC1(C)CCC(F)(F)c2sc(N)c(C#N)c21. The van der Waals surface area contributed by atoms with E-state index < -0.39 is 11.3 Å². The zero-order valence-electron chi connectivity index (χ0n) is 11.1. The van der Waals surface area contributed by atoms with Crippen LogP contribution >= 0.6 is 11.3 Å². The molecule has 0 unspecified atom stereocenters. The molecule has 5 heteroatoms. The number of halogens is 2. The van der Waals surface area contributed by atoms with Crippen LogP contribution in [0.25, 0.3) is 0 Å². The van der Waals surface area contributed by atoms with E-state index >= 15 is 0 Å². The Hall–Kier alpha value is -1.15. The number of alkyl halides is 2. The van der Waals surface area contributed by atoms with Gasteiger partial charge >= 0.3 is 0 Å². The van der Waals surface area contributed by atoms with Crippen molar-refractivity contribution in [3.8, 4) is 6.07 Å². The van der Waals surface area contributed by atoms with E-state index in [4.69, 9.17) is 11.0 Å². The molecular weight excluding hydrogens is 254 g/mol. The largest absolute Gasteiger partial charge is 0.389 e. The van der Waals surface area contributed by atoms with Crippen LogP contribution in [-0.2, 0) is 11.3 Å². The van der Waals surface area contributed by atoms with Crippen molar-refractivity contribution in [1.82, 2.24) is 0 Å². The van der Waals surface area contributed by atoms with E-state index in [0.29, 0.717) is 12.0 Å². The summed E-state index contributed by atoms with van der Waals surface area (Å²) in [6.07, 6.45) is 0.204. The average molecular weight is 272 g/mol. The number of nitriles is 1. The summed E-state index contributed by atoms with van der Waals surface area (Å²) in [5, 5.41) is 9.21. The molecule has 0 radical (unpaired) electrons. The van der Waals surface area contributed by atoms with Crippen LogP contribution in [0.2, 0.25) is 0 Å². The Morgan fingerprint density at radius 2 is 1.83 bits per heavy atom. The van der Waals surface area contributed by atoms with Crippen molar-refractivity contribution in [3.05, 3.63) is 16.0 Å². The fourth-order valence-electron chi connectivity index (χ4n) is 2.17. The molecule has 0 aromatic carbocycles. The number of nitrogen functional groups attached to an aromatic ring is 1. The summed E-state index contributed by atoms with van der Waals surface area (Å²) in [5.41, 5.74) is 5.94. The molecule has 0 amide bonds. The van der Waals surface area contributed by atoms with E-state index in [2.05, 4.69) is 0 Å². The lowest BCUT2D eigenvalue weighted by atomic mass is 9.73. The summed E-state index contributed by atoms with van der Waals surface area (Å²) in [5.74, 6) is -2.83. The van der Waals surface area contributed by atoms with Crippen LogP contribution in [0.15, 0.2) is 0 Å². The van der Waals surface area contributed by atoms with Crippen LogP contribution in [-0.4, -0.2) is 0 Å². The molecule has 2 rings (SSSR count). The Morgan fingerprint density at radius 3 is 2.33 bits per heavy atom. The number of fused-ring (bicyclic) bond motifs is 1. The molecule has 0 bridgehead atoms. The van der Waals surface area contributed by atoms with Crippen LogP contribution in [0.1, 0.15) is 56.5 Å². The average Bonchev–Trinajstić information content (AvgIpc) is 2.67.